The number of carbonyl (C=O) groups excluding carboxylic acids is 1. The van der Waals surface area contributed by atoms with Gasteiger partial charge in [-0.25, -0.2) is 0 Å². The Morgan fingerprint density at radius 3 is 2.35 bits per heavy atom. The van der Waals surface area contributed by atoms with Crippen molar-refractivity contribution >= 4 is 18.3 Å². The molecular weight excluding hydrogens is 320 g/mol. The van der Waals surface area contributed by atoms with Gasteiger partial charge in [0.25, 0.3) is 0 Å². The average Bonchev–Trinajstić information content (AvgIpc) is 2.53. The quantitative estimate of drug-likeness (QED) is 0.713. The maximum atomic E-state index is 11.8. The molecule has 0 aliphatic heterocycles. The third kappa shape index (κ3) is 5.80. The molecule has 0 aliphatic carbocycles. The Kier molecular flexibility index (Phi) is 10.2. The van der Waals surface area contributed by atoms with Crippen LogP contribution in [0.4, 0.5) is 0 Å². The second kappa shape index (κ2) is 11.0. The molecule has 0 fully saturated rings. The minimum absolute atomic E-state index is 0. The van der Waals surface area contributed by atoms with Crippen molar-refractivity contribution in [1.29, 1.82) is 0 Å². The summed E-state index contributed by atoms with van der Waals surface area (Å²) in [5, 5.41) is 2.84. The Morgan fingerprint density at radius 2 is 1.83 bits per heavy atom. The highest BCUT2D eigenvalue weighted by atomic mass is 35.5. The molecule has 0 radical (unpaired) electrons. The summed E-state index contributed by atoms with van der Waals surface area (Å²) >= 11 is 0. The number of carbonyl (C=O) groups is 1. The number of amides is 1. The normalized spacial score (nSPS) is 11.2. The van der Waals surface area contributed by atoms with Crippen molar-refractivity contribution in [2.75, 3.05) is 27.9 Å². The first kappa shape index (κ1) is 21.3. The van der Waals surface area contributed by atoms with E-state index >= 15 is 0 Å². The molecule has 0 saturated carbocycles. The van der Waals surface area contributed by atoms with E-state index in [-0.39, 0.29) is 18.3 Å². The van der Waals surface area contributed by atoms with Gasteiger partial charge in [0.2, 0.25) is 11.7 Å². The molecule has 0 saturated heterocycles. The predicted molar refractivity (Wildman–Crippen MR) is 92.9 cm³/mol. The molecule has 6 nitrogen and oxygen atoms in total. The fourth-order valence-electron chi connectivity index (χ4n) is 2.25. The number of hydrogen-bond acceptors (Lipinski definition) is 5. The first-order chi connectivity index (χ1) is 10.6. The lowest BCUT2D eigenvalue weighted by atomic mass is 10.1. The number of nitrogens with one attached hydrogen (secondary N) is 1. The van der Waals surface area contributed by atoms with Gasteiger partial charge in [0.1, 0.15) is 0 Å². The Morgan fingerprint density at radius 1 is 1.17 bits per heavy atom. The first-order valence-corrected chi connectivity index (χ1v) is 7.40. The average molecular weight is 347 g/mol. The highest BCUT2D eigenvalue weighted by Crippen LogP contribution is 2.39. The molecule has 0 heterocycles. The summed E-state index contributed by atoms with van der Waals surface area (Å²) in [5.74, 6) is 1.66. The van der Waals surface area contributed by atoms with Gasteiger partial charge in [0.15, 0.2) is 11.5 Å². The van der Waals surface area contributed by atoms with E-state index in [2.05, 4.69) is 5.32 Å². The molecule has 7 heteroatoms. The van der Waals surface area contributed by atoms with Crippen LogP contribution in [0, 0.1) is 0 Å². The van der Waals surface area contributed by atoms with E-state index in [0.29, 0.717) is 36.6 Å². The van der Waals surface area contributed by atoms with Crippen LogP contribution in [-0.4, -0.2) is 39.8 Å². The first-order valence-electron chi connectivity index (χ1n) is 7.40. The SMILES string of the molecule is CCCC(N)C(=O)NCCc1ccc(OC)c(OC)c1OC.Cl. The molecule has 0 spiro atoms. The second-order valence-corrected chi connectivity index (χ2v) is 4.93. The van der Waals surface area contributed by atoms with E-state index in [4.69, 9.17) is 19.9 Å². The van der Waals surface area contributed by atoms with Crippen molar-refractivity contribution in [2.45, 2.75) is 32.2 Å². The van der Waals surface area contributed by atoms with Gasteiger partial charge in [-0.3, -0.25) is 4.79 Å². The smallest absolute Gasteiger partial charge is 0.236 e. The van der Waals surface area contributed by atoms with Crippen LogP contribution in [0.2, 0.25) is 0 Å². The van der Waals surface area contributed by atoms with Crippen LogP contribution in [0.3, 0.4) is 0 Å². The maximum Gasteiger partial charge on any atom is 0.236 e. The summed E-state index contributed by atoms with van der Waals surface area (Å²) in [6, 6.07) is 3.27. The number of methoxy groups -OCH3 is 3. The van der Waals surface area contributed by atoms with Crippen LogP contribution in [0.25, 0.3) is 0 Å². The van der Waals surface area contributed by atoms with E-state index in [1.807, 2.05) is 19.1 Å². The molecule has 0 aromatic heterocycles. The minimum atomic E-state index is -0.447. The van der Waals surface area contributed by atoms with Crippen LogP contribution in [-0.2, 0) is 11.2 Å². The van der Waals surface area contributed by atoms with Crippen molar-refractivity contribution in [3.8, 4) is 17.2 Å². The summed E-state index contributed by atoms with van der Waals surface area (Å²) < 4.78 is 16.0. The van der Waals surface area contributed by atoms with Crippen molar-refractivity contribution in [3.05, 3.63) is 17.7 Å². The van der Waals surface area contributed by atoms with E-state index in [0.717, 1.165) is 12.0 Å². The van der Waals surface area contributed by atoms with Gasteiger partial charge in [-0.05, 0) is 18.9 Å². The highest BCUT2D eigenvalue weighted by Gasteiger charge is 2.16. The molecule has 1 amide bonds. The fraction of sp³-hybridized carbons (Fsp3) is 0.562. The van der Waals surface area contributed by atoms with E-state index in [9.17, 15) is 4.79 Å². The maximum absolute atomic E-state index is 11.8. The molecule has 3 N–H and O–H groups in total. The lowest BCUT2D eigenvalue weighted by molar-refractivity contribution is -0.122. The Balaban J connectivity index is 0.00000484. The second-order valence-electron chi connectivity index (χ2n) is 4.93. The molecule has 132 valence electrons. The van der Waals surface area contributed by atoms with Gasteiger partial charge < -0.3 is 25.3 Å². The van der Waals surface area contributed by atoms with Gasteiger partial charge in [0, 0.05) is 12.1 Å². The summed E-state index contributed by atoms with van der Waals surface area (Å²) in [6.45, 7) is 2.49. The van der Waals surface area contributed by atoms with Crippen LogP contribution in [0.15, 0.2) is 12.1 Å². The van der Waals surface area contributed by atoms with Gasteiger partial charge in [-0.15, -0.1) is 12.4 Å². The summed E-state index contributed by atoms with van der Waals surface area (Å²) in [5.41, 5.74) is 6.71. The summed E-state index contributed by atoms with van der Waals surface area (Å²) in [7, 11) is 4.72. The monoisotopic (exact) mass is 346 g/mol. The molecule has 0 bridgehead atoms. The van der Waals surface area contributed by atoms with Crippen LogP contribution in [0.5, 0.6) is 17.2 Å². The topological polar surface area (TPSA) is 82.8 Å². The minimum Gasteiger partial charge on any atom is -0.493 e. The molecule has 1 aromatic carbocycles. The summed E-state index contributed by atoms with van der Waals surface area (Å²) in [6.07, 6.45) is 2.19. The number of hydrogen-bond donors (Lipinski definition) is 2. The van der Waals surface area contributed by atoms with Crippen LogP contribution >= 0.6 is 12.4 Å². The Labute approximate surface area is 144 Å². The predicted octanol–water partition coefficient (Wildman–Crippen LogP) is 1.92. The lowest BCUT2D eigenvalue weighted by Gasteiger charge is -2.16. The Bertz CT molecular complexity index is 497. The molecule has 1 atom stereocenters. The van der Waals surface area contributed by atoms with Crippen LogP contribution in [0.1, 0.15) is 25.3 Å². The van der Waals surface area contributed by atoms with E-state index in [1.54, 1.807) is 21.3 Å². The standard InChI is InChI=1S/C16H26N2O4.ClH/c1-5-6-12(17)16(19)18-10-9-11-7-8-13(20-2)15(22-4)14(11)21-3;/h7-8,12H,5-6,9-10,17H2,1-4H3,(H,18,19);1H. The van der Waals surface area contributed by atoms with Gasteiger partial charge in [-0.1, -0.05) is 19.4 Å². The molecule has 1 aromatic rings. The largest absolute Gasteiger partial charge is 0.493 e. The van der Waals surface area contributed by atoms with Gasteiger partial charge >= 0.3 is 0 Å². The zero-order chi connectivity index (χ0) is 16.5. The van der Waals surface area contributed by atoms with Gasteiger partial charge in [-0.2, -0.15) is 0 Å². The number of halogens is 1. The van der Waals surface area contributed by atoms with Gasteiger partial charge in [0.05, 0.1) is 27.4 Å². The Hall–Kier alpha value is -1.66. The summed E-state index contributed by atoms with van der Waals surface area (Å²) in [4.78, 5) is 11.8. The third-order valence-corrected chi connectivity index (χ3v) is 3.42. The lowest BCUT2D eigenvalue weighted by Crippen LogP contribution is -2.41. The van der Waals surface area contributed by atoms with Crippen molar-refractivity contribution in [3.63, 3.8) is 0 Å². The zero-order valence-electron chi connectivity index (χ0n) is 14.2. The van der Waals surface area contributed by atoms with Crippen molar-refractivity contribution < 1.29 is 19.0 Å². The zero-order valence-corrected chi connectivity index (χ0v) is 15.0. The van der Waals surface area contributed by atoms with Crippen LogP contribution < -0.4 is 25.3 Å². The number of rotatable bonds is 9. The van der Waals surface area contributed by atoms with E-state index < -0.39 is 6.04 Å². The fourth-order valence-corrected chi connectivity index (χ4v) is 2.25. The molecule has 23 heavy (non-hydrogen) atoms. The third-order valence-electron chi connectivity index (χ3n) is 3.42. The number of benzene rings is 1. The number of nitrogens with two attached hydrogens (primary N) is 1. The number of ether oxygens (including phenoxy) is 3. The van der Waals surface area contributed by atoms with E-state index in [1.165, 1.54) is 0 Å². The van der Waals surface area contributed by atoms with Crippen molar-refractivity contribution in [1.82, 2.24) is 5.32 Å². The highest BCUT2D eigenvalue weighted by molar-refractivity contribution is 5.85. The molecule has 1 unspecified atom stereocenters. The van der Waals surface area contributed by atoms with Crippen molar-refractivity contribution in [2.24, 2.45) is 5.73 Å². The molecular formula is C16H27ClN2O4. The molecule has 1 rings (SSSR count). The molecule has 0 aliphatic rings.